The summed E-state index contributed by atoms with van der Waals surface area (Å²) in [6.07, 6.45) is 1.27. The van der Waals surface area contributed by atoms with E-state index in [9.17, 15) is 9.59 Å². The van der Waals surface area contributed by atoms with Gasteiger partial charge in [0.15, 0.2) is 0 Å². The number of amides is 1. The molecular weight excluding hydrogens is 286 g/mol. The second-order valence-corrected chi connectivity index (χ2v) is 6.31. The number of nitrogens with one attached hydrogen (secondary N) is 1. The predicted molar refractivity (Wildman–Crippen MR) is 85.7 cm³/mol. The van der Waals surface area contributed by atoms with E-state index in [1.165, 1.54) is 22.9 Å². The quantitative estimate of drug-likeness (QED) is 0.572. The van der Waals surface area contributed by atoms with Gasteiger partial charge in [0, 0.05) is 11.4 Å². The number of carboxylic acid groups (broad SMARTS) is 1. The standard InChI is InChI=1S/C16H23NO3S/c1-11-6-7-12(2)14(9-11)21-10-15(18)17-8-4-5-13(3)16(19)20/h6-7,9,13H,4-5,8,10H2,1-3H3,(H,17,18)(H,19,20). The Morgan fingerprint density at radius 1 is 1.33 bits per heavy atom. The van der Waals surface area contributed by atoms with E-state index in [1.54, 1.807) is 6.92 Å². The molecule has 0 spiro atoms. The summed E-state index contributed by atoms with van der Waals surface area (Å²) in [6.45, 7) is 6.28. The zero-order valence-corrected chi connectivity index (χ0v) is 13.6. The number of carbonyl (C=O) groups excluding carboxylic acids is 1. The van der Waals surface area contributed by atoms with Crippen LogP contribution in [0, 0.1) is 19.8 Å². The molecule has 1 aromatic carbocycles. The van der Waals surface area contributed by atoms with Crippen molar-refractivity contribution in [3.05, 3.63) is 29.3 Å². The molecule has 5 heteroatoms. The van der Waals surface area contributed by atoms with Crippen molar-refractivity contribution in [2.75, 3.05) is 12.3 Å². The molecule has 0 aromatic heterocycles. The Morgan fingerprint density at radius 3 is 2.71 bits per heavy atom. The van der Waals surface area contributed by atoms with Gasteiger partial charge in [-0.25, -0.2) is 0 Å². The Morgan fingerprint density at radius 2 is 2.05 bits per heavy atom. The Labute approximate surface area is 130 Å². The molecule has 21 heavy (non-hydrogen) atoms. The van der Waals surface area contributed by atoms with Crippen molar-refractivity contribution < 1.29 is 14.7 Å². The fourth-order valence-electron chi connectivity index (χ4n) is 1.82. The normalized spacial score (nSPS) is 12.0. The van der Waals surface area contributed by atoms with Crippen LogP contribution in [0.3, 0.4) is 0 Å². The first-order valence-corrected chi connectivity index (χ1v) is 8.08. The molecule has 0 aliphatic carbocycles. The number of benzene rings is 1. The predicted octanol–water partition coefficient (Wildman–Crippen LogP) is 3.01. The molecular formula is C16H23NO3S. The van der Waals surface area contributed by atoms with Crippen LogP contribution in [0.5, 0.6) is 0 Å². The second kappa shape index (κ2) is 8.72. The summed E-state index contributed by atoms with van der Waals surface area (Å²) in [4.78, 5) is 23.5. The molecule has 4 nitrogen and oxygen atoms in total. The minimum absolute atomic E-state index is 0.0103. The summed E-state index contributed by atoms with van der Waals surface area (Å²) in [5.41, 5.74) is 2.36. The molecule has 1 atom stereocenters. The maximum Gasteiger partial charge on any atom is 0.306 e. The Hall–Kier alpha value is -1.49. The van der Waals surface area contributed by atoms with E-state index in [4.69, 9.17) is 5.11 Å². The molecule has 1 amide bonds. The maximum absolute atomic E-state index is 11.7. The first kappa shape index (κ1) is 17.6. The highest BCUT2D eigenvalue weighted by atomic mass is 32.2. The van der Waals surface area contributed by atoms with Crippen molar-refractivity contribution in [1.29, 1.82) is 0 Å². The summed E-state index contributed by atoms with van der Waals surface area (Å²) in [5.74, 6) is -0.763. The Bertz CT molecular complexity index is 502. The molecule has 0 radical (unpaired) electrons. The highest BCUT2D eigenvalue weighted by molar-refractivity contribution is 8.00. The molecule has 0 heterocycles. The lowest BCUT2D eigenvalue weighted by Gasteiger charge is -2.09. The number of hydrogen-bond acceptors (Lipinski definition) is 3. The third-order valence-electron chi connectivity index (χ3n) is 3.26. The topological polar surface area (TPSA) is 66.4 Å². The van der Waals surface area contributed by atoms with Gasteiger partial charge in [-0.05, 0) is 38.3 Å². The smallest absolute Gasteiger partial charge is 0.306 e. The molecule has 0 aliphatic rings. The molecule has 1 rings (SSSR count). The lowest BCUT2D eigenvalue weighted by atomic mass is 10.1. The zero-order valence-electron chi connectivity index (χ0n) is 12.8. The summed E-state index contributed by atoms with van der Waals surface area (Å²) in [5, 5.41) is 11.6. The van der Waals surface area contributed by atoms with Gasteiger partial charge in [0.1, 0.15) is 0 Å². The van der Waals surface area contributed by atoms with Crippen LogP contribution < -0.4 is 5.32 Å². The lowest BCUT2D eigenvalue weighted by Crippen LogP contribution is -2.26. The number of hydrogen-bond donors (Lipinski definition) is 2. The Kier molecular flexibility index (Phi) is 7.29. The molecule has 0 bridgehead atoms. The number of rotatable bonds is 8. The number of carbonyl (C=O) groups is 2. The monoisotopic (exact) mass is 309 g/mol. The van der Waals surface area contributed by atoms with Crippen molar-refractivity contribution in [3.63, 3.8) is 0 Å². The van der Waals surface area contributed by atoms with E-state index >= 15 is 0 Å². The minimum Gasteiger partial charge on any atom is -0.481 e. The molecule has 0 saturated carbocycles. The SMILES string of the molecule is Cc1ccc(C)c(SCC(=O)NCCCC(C)C(=O)O)c1. The average molecular weight is 309 g/mol. The molecule has 0 saturated heterocycles. The van der Waals surface area contributed by atoms with Crippen molar-refractivity contribution in [3.8, 4) is 0 Å². The van der Waals surface area contributed by atoms with Crippen LogP contribution in [0.25, 0.3) is 0 Å². The number of aryl methyl sites for hydroxylation is 2. The van der Waals surface area contributed by atoms with Crippen LogP contribution in [0.2, 0.25) is 0 Å². The van der Waals surface area contributed by atoms with Gasteiger partial charge in [-0.1, -0.05) is 24.6 Å². The van der Waals surface area contributed by atoms with Crippen molar-refractivity contribution in [1.82, 2.24) is 5.32 Å². The third kappa shape index (κ3) is 6.67. The summed E-state index contributed by atoms with van der Waals surface area (Å²) >= 11 is 1.53. The van der Waals surface area contributed by atoms with Gasteiger partial charge in [0.25, 0.3) is 0 Å². The van der Waals surface area contributed by atoms with Gasteiger partial charge >= 0.3 is 5.97 Å². The minimum atomic E-state index is -0.785. The largest absolute Gasteiger partial charge is 0.481 e. The third-order valence-corrected chi connectivity index (χ3v) is 4.42. The van der Waals surface area contributed by atoms with E-state index in [0.29, 0.717) is 25.1 Å². The summed E-state index contributed by atoms with van der Waals surface area (Å²) in [6, 6.07) is 6.20. The van der Waals surface area contributed by atoms with Crippen molar-refractivity contribution >= 4 is 23.6 Å². The van der Waals surface area contributed by atoms with Gasteiger partial charge in [0.2, 0.25) is 5.91 Å². The first-order valence-electron chi connectivity index (χ1n) is 7.09. The van der Waals surface area contributed by atoms with Crippen molar-refractivity contribution in [2.24, 2.45) is 5.92 Å². The maximum atomic E-state index is 11.7. The van der Waals surface area contributed by atoms with E-state index in [0.717, 1.165) is 4.90 Å². The fraction of sp³-hybridized carbons (Fsp3) is 0.500. The highest BCUT2D eigenvalue weighted by Crippen LogP contribution is 2.23. The van der Waals surface area contributed by atoms with Crippen LogP contribution in [0.4, 0.5) is 0 Å². The van der Waals surface area contributed by atoms with Gasteiger partial charge in [-0.2, -0.15) is 0 Å². The molecule has 1 aromatic rings. The molecule has 0 fully saturated rings. The van der Waals surface area contributed by atoms with E-state index in [-0.39, 0.29) is 11.8 Å². The molecule has 116 valence electrons. The second-order valence-electron chi connectivity index (χ2n) is 5.29. The number of thioether (sulfide) groups is 1. The van der Waals surface area contributed by atoms with Crippen LogP contribution in [-0.2, 0) is 9.59 Å². The van der Waals surface area contributed by atoms with Gasteiger partial charge < -0.3 is 10.4 Å². The summed E-state index contributed by atoms with van der Waals surface area (Å²) in [7, 11) is 0. The van der Waals surface area contributed by atoms with E-state index in [1.807, 2.05) is 13.8 Å². The van der Waals surface area contributed by atoms with Crippen LogP contribution in [-0.4, -0.2) is 29.3 Å². The number of aliphatic carboxylic acids is 1. The van der Waals surface area contributed by atoms with E-state index < -0.39 is 5.97 Å². The fourth-order valence-corrected chi connectivity index (χ4v) is 2.77. The molecule has 0 aliphatic heterocycles. The molecule has 2 N–H and O–H groups in total. The lowest BCUT2D eigenvalue weighted by molar-refractivity contribution is -0.141. The molecule has 1 unspecified atom stereocenters. The highest BCUT2D eigenvalue weighted by Gasteiger charge is 2.10. The van der Waals surface area contributed by atoms with Crippen LogP contribution >= 0.6 is 11.8 Å². The van der Waals surface area contributed by atoms with Gasteiger partial charge in [-0.3, -0.25) is 9.59 Å². The summed E-state index contributed by atoms with van der Waals surface area (Å²) < 4.78 is 0. The zero-order chi connectivity index (χ0) is 15.8. The van der Waals surface area contributed by atoms with Crippen LogP contribution in [0.1, 0.15) is 30.9 Å². The number of carboxylic acids is 1. The van der Waals surface area contributed by atoms with Crippen LogP contribution in [0.15, 0.2) is 23.1 Å². The van der Waals surface area contributed by atoms with Crippen molar-refractivity contribution in [2.45, 2.75) is 38.5 Å². The first-order chi connectivity index (χ1) is 9.90. The average Bonchev–Trinajstić information content (AvgIpc) is 2.44. The Balaban J connectivity index is 2.25. The van der Waals surface area contributed by atoms with E-state index in [2.05, 4.69) is 23.5 Å². The van der Waals surface area contributed by atoms with Gasteiger partial charge in [0.05, 0.1) is 11.7 Å². The van der Waals surface area contributed by atoms with Gasteiger partial charge in [-0.15, -0.1) is 11.8 Å².